The number of nitrogens with one attached hydrogen (secondary N) is 1. The maximum Gasteiger partial charge on any atom is 0.313 e. The predicted octanol–water partition coefficient (Wildman–Crippen LogP) is 11.0. The molecule has 1 saturated heterocycles. The molecule has 9 nitrogen and oxygen atoms in total. The van der Waals surface area contributed by atoms with Gasteiger partial charge in [-0.05, 0) is 124 Å². The highest BCUT2D eigenvalue weighted by molar-refractivity contribution is 6.22. The van der Waals surface area contributed by atoms with Gasteiger partial charge in [0.15, 0.2) is 0 Å². The molecule has 1 saturated carbocycles. The van der Waals surface area contributed by atoms with Gasteiger partial charge in [0, 0.05) is 40.8 Å². The molecule has 5 heterocycles. The molecular weight excluding hydrogens is 725 g/mol. The number of hydrogen-bond donors (Lipinski definition) is 2. The van der Waals surface area contributed by atoms with Crippen LogP contribution in [0.3, 0.4) is 0 Å². The van der Waals surface area contributed by atoms with E-state index in [0.717, 1.165) is 98.9 Å². The molecule has 0 spiro atoms. The van der Waals surface area contributed by atoms with Crippen molar-refractivity contribution in [1.82, 2.24) is 5.32 Å². The van der Waals surface area contributed by atoms with Crippen LogP contribution < -0.4 is 5.32 Å². The summed E-state index contributed by atoms with van der Waals surface area (Å²) in [4.78, 5) is 42.0. The minimum Gasteiger partial charge on any atom is -0.512 e. The quantitative estimate of drug-likeness (QED) is 0.0968. The van der Waals surface area contributed by atoms with Crippen molar-refractivity contribution in [3.8, 4) is 0 Å². The number of allylic oxidation sites excluding steroid dienone is 13. The predicted molar refractivity (Wildman–Crippen MR) is 234 cm³/mol. The first kappa shape index (κ1) is 42.8. The number of carbonyl (C=O) groups excluding carboxylic acids is 2. The molecule has 6 aliphatic rings. The van der Waals surface area contributed by atoms with Crippen LogP contribution >= 0.6 is 0 Å². The Morgan fingerprint density at radius 1 is 0.966 bits per heavy atom. The Morgan fingerprint density at radius 2 is 1.72 bits per heavy atom. The van der Waals surface area contributed by atoms with E-state index in [1.807, 2.05) is 31.2 Å². The summed E-state index contributed by atoms with van der Waals surface area (Å²) in [7, 11) is 1.43. The molecule has 310 valence electrons. The number of hydrogen-bond acceptors (Lipinski definition) is 9. The van der Waals surface area contributed by atoms with Gasteiger partial charge in [-0.25, -0.2) is 15.0 Å². The van der Waals surface area contributed by atoms with E-state index in [0.29, 0.717) is 24.1 Å². The van der Waals surface area contributed by atoms with E-state index in [9.17, 15) is 14.7 Å². The normalized spacial score (nSPS) is 24.0. The Bertz CT molecular complexity index is 2100. The number of nitrogens with zero attached hydrogens (tertiary/aromatic N) is 3. The van der Waals surface area contributed by atoms with Crippen molar-refractivity contribution in [1.29, 1.82) is 0 Å². The van der Waals surface area contributed by atoms with E-state index in [-0.39, 0.29) is 42.6 Å². The summed E-state index contributed by atoms with van der Waals surface area (Å²) in [6.45, 7) is 19.3. The molecule has 0 radical (unpaired) electrons. The van der Waals surface area contributed by atoms with Crippen molar-refractivity contribution in [3.05, 3.63) is 104 Å². The van der Waals surface area contributed by atoms with Crippen molar-refractivity contribution in [2.75, 3.05) is 13.7 Å². The number of esters is 2. The standard InChI is InChI=1S/C49H64N4O5/c1-11-36-30(6)39-26-43-45(33(9)54)32(8)41(52-43)25-40-31(7)37(18-19-44(55)58-21-20-29(5)17-13-16-28(4)15-12-14-27(2)3)48(53-40)46-38(49(56)57-10)23-34-22-35(50-47(34)46)24-42(36)51-39/h20,22,24-28,31,37-38,53-54H,11-19,21,23H2,1-10H3/b29-20+,35-24?,39-26?,40-25?,45-33?,48-46?/t28?,31-,37-,38-/m0/s1. The number of aliphatic hydroxyl groups is 1. The molecule has 5 aliphatic heterocycles. The molecule has 9 heteroatoms. The largest absolute Gasteiger partial charge is 0.512 e. The monoisotopic (exact) mass is 788 g/mol. The van der Waals surface area contributed by atoms with Crippen LogP contribution in [-0.2, 0) is 19.1 Å². The molecular formula is C49H64N4O5. The summed E-state index contributed by atoms with van der Waals surface area (Å²) in [5, 5.41) is 14.6. The van der Waals surface area contributed by atoms with E-state index in [1.165, 1.54) is 38.4 Å². The van der Waals surface area contributed by atoms with Gasteiger partial charge in [0.2, 0.25) is 0 Å². The SMILES string of the molecule is CCC1=C(C)C2=CC3=NC(=C(C)C3=C(C)O)C=C3NC(=C4C5=NC(=CC1=N2)C=C5C[C@@H]4C(=O)OC)[C@@H](CCC(=O)OC/C=C(\C)CCCC(C)CCCC(C)C)[C@@H]3C. The smallest absolute Gasteiger partial charge is 0.313 e. The zero-order valence-corrected chi connectivity index (χ0v) is 36.5. The van der Waals surface area contributed by atoms with Gasteiger partial charge < -0.3 is 19.9 Å². The first-order valence-electron chi connectivity index (χ1n) is 21.5. The topological polar surface area (TPSA) is 122 Å². The van der Waals surface area contributed by atoms with Gasteiger partial charge in [-0.3, -0.25) is 9.59 Å². The fourth-order valence-electron chi connectivity index (χ4n) is 9.26. The molecule has 4 atom stereocenters. The Kier molecular flexibility index (Phi) is 13.6. The van der Waals surface area contributed by atoms with Crippen molar-refractivity contribution < 1.29 is 24.2 Å². The molecule has 6 rings (SSSR count). The minimum atomic E-state index is -0.537. The fraction of sp³-hybridized carbons (Fsp3) is 0.531. The van der Waals surface area contributed by atoms with E-state index >= 15 is 0 Å². The molecule has 0 amide bonds. The molecule has 2 N–H and O–H groups in total. The molecule has 0 aromatic heterocycles. The van der Waals surface area contributed by atoms with Crippen molar-refractivity contribution in [2.45, 2.75) is 127 Å². The Morgan fingerprint density at radius 3 is 2.43 bits per heavy atom. The van der Waals surface area contributed by atoms with Crippen LogP contribution in [0.4, 0.5) is 0 Å². The number of aliphatic hydroxyl groups excluding tert-OH is 1. The van der Waals surface area contributed by atoms with Crippen LogP contribution in [0.2, 0.25) is 0 Å². The second kappa shape index (κ2) is 18.4. The van der Waals surface area contributed by atoms with Gasteiger partial charge in [-0.1, -0.05) is 65.9 Å². The van der Waals surface area contributed by atoms with Crippen LogP contribution in [0.15, 0.2) is 119 Å². The van der Waals surface area contributed by atoms with Crippen LogP contribution in [0.1, 0.15) is 127 Å². The van der Waals surface area contributed by atoms with Crippen LogP contribution in [0, 0.1) is 29.6 Å². The van der Waals surface area contributed by atoms with Gasteiger partial charge in [-0.15, -0.1) is 0 Å². The fourth-order valence-corrected chi connectivity index (χ4v) is 9.26. The Balaban J connectivity index is 1.28. The molecule has 1 aliphatic carbocycles. The van der Waals surface area contributed by atoms with E-state index < -0.39 is 5.92 Å². The Hall–Kier alpha value is -4.79. The maximum atomic E-state index is 13.5. The molecule has 0 aromatic rings. The maximum absolute atomic E-state index is 13.5. The molecule has 58 heavy (non-hydrogen) atoms. The van der Waals surface area contributed by atoms with Crippen LogP contribution in [0.25, 0.3) is 0 Å². The first-order valence-corrected chi connectivity index (χ1v) is 21.5. The molecule has 1 unspecified atom stereocenters. The van der Waals surface area contributed by atoms with Crippen molar-refractivity contribution in [2.24, 2.45) is 44.6 Å². The number of carbonyl (C=O) groups is 2. The van der Waals surface area contributed by atoms with Crippen molar-refractivity contribution in [3.63, 3.8) is 0 Å². The van der Waals surface area contributed by atoms with Gasteiger partial charge in [0.05, 0.1) is 53.0 Å². The highest BCUT2D eigenvalue weighted by Gasteiger charge is 2.45. The zero-order chi connectivity index (χ0) is 41.8. The number of ether oxygens (including phenoxy) is 2. The summed E-state index contributed by atoms with van der Waals surface area (Å²) in [5.41, 5.74) is 13.2. The number of methoxy groups -OCH3 is 1. The minimum absolute atomic E-state index is 0.0522. The lowest BCUT2D eigenvalue weighted by molar-refractivity contribution is -0.144. The molecule has 8 bridgehead atoms. The van der Waals surface area contributed by atoms with Crippen LogP contribution in [-0.4, -0.2) is 47.9 Å². The third-order valence-corrected chi connectivity index (χ3v) is 12.7. The summed E-state index contributed by atoms with van der Waals surface area (Å²) >= 11 is 0. The van der Waals surface area contributed by atoms with Gasteiger partial charge in [0.25, 0.3) is 0 Å². The number of fused-ring (bicyclic) bond motifs is 5. The van der Waals surface area contributed by atoms with Crippen LogP contribution in [0.5, 0.6) is 0 Å². The van der Waals surface area contributed by atoms with Gasteiger partial charge in [-0.2, -0.15) is 0 Å². The molecule has 2 fully saturated rings. The second-order valence-electron chi connectivity index (χ2n) is 17.5. The number of aliphatic imine (C=N–C) groups is 3. The molecule has 0 aromatic carbocycles. The van der Waals surface area contributed by atoms with Gasteiger partial charge >= 0.3 is 11.9 Å². The first-order chi connectivity index (χ1) is 27.7. The third kappa shape index (κ3) is 9.24. The lowest BCUT2D eigenvalue weighted by Gasteiger charge is -2.19. The van der Waals surface area contributed by atoms with Crippen molar-refractivity contribution >= 4 is 29.1 Å². The highest BCUT2D eigenvalue weighted by Crippen LogP contribution is 2.47. The summed E-state index contributed by atoms with van der Waals surface area (Å²) in [5.74, 6) is 0.413. The van der Waals surface area contributed by atoms with E-state index in [4.69, 9.17) is 24.5 Å². The Labute approximate surface area is 346 Å². The summed E-state index contributed by atoms with van der Waals surface area (Å²) in [6, 6.07) is 0. The average molecular weight is 789 g/mol. The lowest BCUT2D eigenvalue weighted by Crippen LogP contribution is -2.22. The highest BCUT2D eigenvalue weighted by atomic mass is 16.5. The van der Waals surface area contributed by atoms with E-state index in [1.54, 1.807) is 6.92 Å². The zero-order valence-electron chi connectivity index (χ0n) is 36.5. The van der Waals surface area contributed by atoms with E-state index in [2.05, 4.69) is 59.9 Å². The third-order valence-electron chi connectivity index (χ3n) is 12.7. The van der Waals surface area contributed by atoms with Gasteiger partial charge in [0.1, 0.15) is 6.61 Å². The number of rotatable bonds is 15. The summed E-state index contributed by atoms with van der Waals surface area (Å²) < 4.78 is 11.1. The lowest BCUT2D eigenvalue weighted by atomic mass is 9.85. The summed E-state index contributed by atoms with van der Waals surface area (Å²) in [6.07, 6.45) is 19.4. The second-order valence-corrected chi connectivity index (χ2v) is 17.5. The average Bonchev–Trinajstić information content (AvgIpc) is 3.94.